The van der Waals surface area contributed by atoms with Crippen molar-refractivity contribution in [3.63, 3.8) is 0 Å². The molecule has 6 aromatic rings. The lowest BCUT2D eigenvalue weighted by Crippen LogP contribution is -2.70. The number of aliphatic hydroxyl groups excluding tert-OH is 2. The first-order valence-corrected chi connectivity index (χ1v) is 26.8. The number of nitrogens with zero attached hydrogens (tertiary/aromatic N) is 3. The summed E-state index contributed by atoms with van der Waals surface area (Å²) in [7, 11) is 0. The number of fused-ring (bicyclic) bond motifs is 3. The van der Waals surface area contributed by atoms with Gasteiger partial charge in [-0.3, -0.25) is 15.0 Å². The third-order valence-corrected chi connectivity index (χ3v) is 15.3. The van der Waals surface area contributed by atoms with Crippen LogP contribution in [0.3, 0.4) is 0 Å². The summed E-state index contributed by atoms with van der Waals surface area (Å²) in [5, 5.41) is 38.8. The van der Waals surface area contributed by atoms with Gasteiger partial charge in [0, 0.05) is 43.2 Å². The van der Waals surface area contributed by atoms with Gasteiger partial charge in [-0.25, -0.2) is 4.79 Å². The minimum Gasteiger partial charge on any atom is -0.459 e. The second kappa shape index (κ2) is 25.7. The van der Waals surface area contributed by atoms with Gasteiger partial charge in [0.1, 0.15) is 36.5 Å². The highest BCUT2D eigenvalue weighted by Crippen LogP contribution is 2.62. The molecule has 1 amide bonds. The van der Waals surface area contributed by atoms with E-state index in [-0.39, 0.29) is 76.0 Å². The van der Waals surface area contributed by atoms with E-state index in [1.54, 1.807) is 23.1 Å². The van der Waals surface area contributed by atoms with Gasteiger partial charge < -0.3 is 38.7 Å². The summed E-state index contributed by atoms with van der Waals surface area (Å²) < 4.78 is 33.8. The Balaban J connectivity index is 1.21. The molecule has 1 saturated carbocycles. The van der Waals surface area contributed by atoms with Crippen LogP contribution in [0.5, 0.6) is 17.2 Å². The highest BCUT2D eigenvalue weighted by Gasteiger charge is 2.66. The molecule has 0 saturated heterocycles. The van der Waals surface area contributed by atoms with E-state index in [0.717, 1.165) is 69.8 Å². The Morgan fingerprint density at radius 1 is 0.831 bits per heavy atom. The molecule has 2 aliphatic carbocycles. The van der Waals surface area contributed by atoms with E-state index in [0.29, 0.717) is 48.0 Å². The number of allylic oxidation sites excluding steroid dienone is 1. The number of oxime groups is 1. The number of rotatable bonds is 25. The third kappa shape index (κ3) is 12.6. The molecular weight excluding hydrogens is 975 g/mol. The zero-order chi connectivity index (χ0) is 53.7. The van der Waals surface area contributed by atoms with Crippen LogP contribution in [-0.4, -0.2) is 76.7 Å². The molecule has 1 aliphatic heterocycles. The summed E-state index contributed by atoms with van der Waals surface area (Å²) in [5.41, 5.74) is 7.12. The predicted molar refractivity (Wildman–Crippen MR) is 296 cm³/mol. The van der Waals surface area contributed by atoms with Crippen molar-refractivity contribution in [3.05, 3.63) is 201 Å². The van der Waals surface area contributed by atoms with Crippen molar-refractivity contribution in [2.75, 3.05) is 33.0 Å². The number of aryl methyl sites for hydroxylation is 2. The van der Waals surface area contributed by atoms with E-state index in [4.69, 9.17) is 33.7 Å². The van der Waals surface area contributed by atoms with E-state index < -0.39 is 28.8 Å². The SMILES string of the molecule is C=CCOC12Oc3ccc(Oc4ccc(C)c(C)c4)cc3C3C(CCCCO)C(CCCCO)C=C(C(=NOCc4ccc([N+](=O)[O-])cc4)CC1N(Cc1cccc4ccccc14)C(=O)OCCOCc1ccccc1)C32. The lowest BCUT2D eigenvalue weighted by molar-refractivity contribution is -0.384. The van der Waals surface area contributed by atoms with Crippen molar-refractivity contribution < 1.29 is 48.5 Å². The van der Waals surface area contributed by atoms with Crippen LogP contribution in [0.15, 0.2) is 163 Å². The zero-order valence-corrected chi connectivity index (χ0v) is 44.0. The molecule has 9 rings (SSSR count). The number of hydrogen-bond donors (Lipinski definition) is 2. The highest BCUT2D eigenvalue weighted by molar-refractivity contribution is 6.03. The number of nitro benzene ring substituents is 1. The summed E-state index contributed by atoms with van der Waals surface area (Å²) in [6.45, 7) is 8.99. The fourth-order valence-corrected chi connectivity index (χ4v) is 11.5. The smallest absolute Gasteiger partial charge is 0.410 e. The fraction of sp³-hybridized carbons (Fsp3) is 0.365. The molecule has 1 heterocycles. The predicted octanol–water partition coefficient (Wildman–Crippen LogP) is 12.8. The van der Waals surface area contributed by atoms with E-state index in [1.807, 2.05) is 103 Å². The number of ether oxygens (including phenoxy) is 5. The van der Waals surface area contributed by atoms with Crippen LogP contribution in [0.25, 0.3) is 10.8 Å². The summed E-state index contributed by atoms with van der Waals surface area (Å²) in [4.78, 5) is 34.5. The Labute approximate surface area is 450 Å². The molecule has 2 N–H and O–H groups in total. The number of amides is 1. The Hall–Kier alpha value is -7.36. The van der Waals surface area contributed by atoms with Gasteiger partial charge in [-0.2, -0.15) is 0 Å². The standard InChI is InChI=1S/C63H69N3O11/c1-4-33-74-63-59(65(40-49-20-14-19-47-17-8-9-21-53(47)49)62(69)73-35-34-72-41-45-15-6-5-7-16-45)39-57(64-75-42-46-24-26-50(27-25-46)66(70)71)55-37-48(18-10-12-31-67)54(22-11-13-32-68)60(61(55)63)56-38-52(29-30-58(56)77-63)76-51-28-23-43(2)44(3)36-51/h4-9,14-17,19-21,23-30,36-38,48,54,59-61,67-68H,1,10-13,18,22,31-35,39-42H2,2-3H3. The van der Waals surface area contributed by atoms with Gasteiger partial charge in [-0.1, -0.05) is 109 Å². The Morgan fingerprint density at radius 2 is 1.56 bits per heavy atom. The average Bonchev–Trinajstić information content (AvgIpc) is 3.44. The van der Waals surface area contributed by atoms with Gasteiger partial charge in [-0.15, -0.1) is 6.58 Å². The molecule has 0 bridgehead atoms. The van der Waals surface area contributed by atoms with Gasteiger partial charge in [0.05, 0.1) is 42.9 Å². The van der Waals surface area contributed by atoms with Crippen LogP contribution in [0, 0.1) is 41.7 Å². The number of aliphatic hydroxyl groups is 2. The maximum Gasteiger partial charge on any atom is 0.410 e. The van der Waals surface area contributed by atoms with E-state index in [1.165, 1.54) is 12.1 Å². The van der Waals surface area contributed by atoms with Crippen molar-refractivity contribution in [2.24, 2.45) is 22.9 Å². The number of hydrogen-bond acceptors (Lipinski definition) is 12. The minimum absolute atomic E-state index is 0.0125. The topological polar surface area (TPSA) is 172 Å². The van der Waals surface area contributed by atoms with Crippen LogP contribution < -0.4 is 9.47 Å². The number of nitro groups is 1. The molecule has 0 aromatic heterocycles. The van der Waals surface area contributed by atoms with Gasteiger partial charge >= 0.3 is 6.09 Å². The first-order valence-electron chi connectivity index (χ1n) is 26.8. The van der Waals surface area contributed by atoms with Gasteiger partial charge in [0.15, 0.2) is 0 Å². The Bertz CT molecular complexity index is 3050. The number of unbranched alkanes of at least 4 members (excludes halogenated alkanes) is 2. The quantitative estimate of drug-likeness (QED) is 0.0242. The Kier molecular flexibility index (Phi) is 18.1. The van der Waals surface area contributed by atoms with Crippen molar-refractivity contribution >= 4 is 28.3 Å². The largest absolute Gasteiger partial charge is 0.459 e. The maximum absolute atomic E-state index is 15.4. The van der Waals surface area contributed by atoms with Crippen molar-refractivity contribution in [1.82, 2.24) is 4.90 Å². The van der Waals surface area contributed by atoms with E-state index in [2.05, 4.69) is 32.6 Å². The maximum atomic E-state index is 15.4. The summed E-state index contributed by atoms with van der Waals surface area (Å²) >= 11 is 0. The van der Waals surface area contributed by atoms with Gasteiger partial charge in [0.25, 0.3) is 5.69 Å². The van der Waals surface area contributed by atoms with Crippen LogP contribution in [0.1, 0.15) is 84.2 Å². The van der Waals surface area contributed by atoms with Gasteiger partial charge in [0.2, 0.25) is 5.79 Å². The molecule has 14 heteroatoms. The molecule has 402 valence electrons. The molecule has 0 spiro atoms. The average molecular weight is 1040 g/mol. The summed E-state index contributed by atoms with van der Waals surface area (Å²) in [5.74, 6) is -0.673. The number of non-ortho nitro benzene ring substituents is 1. The highest BCUT2D eigenvalue weighted by atomic mass is 16.7. The zero-order valence-electron chi connectivity index (χ0n) is 44.0. The normalized spacial score (nSPS) is 20.8. The van der Waals surface area contributed by atoms with Gasteiger partial charge in [-0.05, 0) is 138 Å². The van der Waals surface area contributed by atoms with Crippen molar-refractivity contribution in [1.29, 1.82) is 0 Å². The minimum atomic E-state index is -1.58. The molecule has 6 unspecified atom stereocenters. The van der Waals surface area contributed by atoms with Crippen LogP contribution in [0.4, 0.5) is 10.5 Å². The fourth-order valence-electron chi connectivity index (χ4n) is 11.5. The van der Waals surface area contributed by atoms with Crippen LogP contribution >= 0.6 is 0 Å². The third-order valence-electron chi connectivity index (χ3n) is 15.3. The molecule has 1 fully saturated rings. The summed E-state index contributed by atoms with van der Waals surface area (Å²) in [6, 6.07) is 41.2. The van der Waals surface area contributed by atoms with E-state index >= 15 is 4.79 Å². The second-order valence-electron chi connectivity index (χ2n) is 20.2. The van der Waals surface area contributed by atoms with Crippen molar-refractivity contribution in [3.8, 4) is 17.2 Å². The lowest BCUT2D eigenvalue weighted by Gasteiger charge is -2.59. The second-order valence-corrected chi connectivity index (χ2v) is 20.2. The molecule has 0 radical (unpaired) electrons. The molecule has 77 heavy (non-hydrogen) atoms. The Morgan fingerprint density at radius 3 is 2.32 bits per heavy atom. The number of benzene rings is 6. The summed E-state index contributed by atoms with van der Waals surface area (Å²) in [6.07, 6.45) is 7.74. The molecule has 6 atom stereocenters. The molecule has 3 aliphatic rings. The van der Waals surface area contributed by atoms with Crippen LogP contribution in [-0.2, 0) is 38.8 Å². The molecular formula is C63H69N3O11. The van der Waals surface area contributed by atoms with E-state index in [9.17, 15) is 20.3 Å². The molecule has 14 nitrogen and oxygen atoms in total. The number of carbonyl (C=O) groups is 1. The first-order chi connectivity index (χ1) is 37.6. The lowest BCUT2D eigenvalue weighted by atomic mass is 9.55. The monoisotopic (exact) mass is 1040 g/mol. The molecule has 6 aromatic carbocycles. The number of carbonyl (C=O) groups excluding carboxylic acids is 1. The van der Waals surface area contributed by atoms with Crippen molar-refractivity contribution in [2.45, 2.75) is 96.3 Å². The first kappa shape index (κ1) is 54.4. The van der Waals surface area contributed by atoms with Crippen LogP contribution in [0.2, 0.25) is 0 Å².